The van der Waals surface area contributed by atoms with Gasteiger partial charge in [0.15, 0.2) is 0 Å². The summed E-state index contributed by atoms with van der Waals surface area (Å²) in [6, 6.07) is 11.0. The summed E-state index contributed by atoms with van der Waals surface area (Å²) in [6.45, 7) is 5.47. The number of aryl methyl sites for hydroxylation is 1. The number of likely N-dealkylation sites (N-methyl/N-ethyl adjacent to an activating group) is 1. The average Bonchev–Trinajstić information content (AvgIpc) is 2.94. The molecule has 0 saturated heterocycles. The van der Waals surface area contributed by atoms with E-state index in [1.54, 1.807) is 0 Å². The van der Waals surface area contributed by atoms with Crippen LogP contribution in [0.3, 0.4) is 0 Å². The Morgan fingerprint density at radius 3 is 2.55 bits per heavy atom. The first-order chi connectivity index (χ1) is 9.81. The normalized spacial score (nSPS) is 14.2. The minimum atomic E-state index is 0.254. The molecule has 2 aromatic rings. The third-order valence-corrected chi connectivity index (χ3v) is 3.87. The van der Waals surface area contributed by atoms with Gasteiger partial charge in [-0.3, -0.25) is 0 Å². The van der Waals surface area contributed by atoms with E-state index in [-0.39, 0.29) is 6.04 Å². The van der Waals surface area contributed by atoms with Gasteiger partial charge in [-0.05, 0) is 25.5 Å². The van der Waals surface area contributed by atoms with E-state index in [1.807, 2.05) is 13.2 Å². The van der Waals surface area contributed by atoms with E-state index in [9.17, 15) is 0 Å². The number of nitrogens with one attached hydrogen (secondary N) is 1. The highest BCUT2D eigenvalue weighted by atomic mass is 15.1. The van der Waals surface area contributed by atoms with Crippen LogP contribution >= 0.6 is 0 Å². The Balaban J connectivity index is 2.32. The summed E-state index contributed by atoms with van der Waals surface area (Å²) in [7, 11) is 2.03. The molecule has 0 aliphatic rings. The van der Waals surface area contributed by atoms with Gasteiger partial charge in [0.2, 0.25) is 0 Å². The number of hydrogen-bond acceptors (Lipinski definition) is 2. The largest absolute Gasteiger partial charge is 0.334 e. The minimum absolute atomic E-state index is 0.254. The monoisotopic (exact) mass is 271 g/mol. The zero-order chi connectivity index (χ0) is 14.4. The van der Waals surface area contributed by atoms with Crippen molar-refractivity contribution in [2.45, 2.75) is 45.2 Å². The van der Waals surface area contributed by atoms with Gasteiger partial charge >= 0.3 is 0 Å². The third-order valence-electron chi connectivity index (χ3n) is 3.87. The second-order valence-corrected chi connectivity index (χ2v) is 5.17. The molecule has 0 saturated carbocycles. The maximum absolute atomic E-state index is 4.60. The molecule has 0 aliphatic carbocycles. The minimum Gasteiger partial charge on any atom is -0.334 e. The Hall–Kier alpha value is -1.61. The predicted octanol–water partition coefficient (Wildman–Crippen LogP) is 3.75. The molecule has 0 radical (unpaired) electrons. The molecule has 1 aromatic heterocycles. The van der Waals surface area contributed by atoms with Crippen molar-refractivity contribution >= 4 is 0 Å². The topological polar surface area (TPSA) is 29.9 Å². The lowest BCUT2D eigenvalue weighted by Crippen LogP contribution is -2.27. The van der Waals surface area contributed by atoms with Gasteiger partial charge in [-0.15, -0.1) is 0 Å². The Morgan fingerprint density at radius 1 is 1.20 bits per heavy atom. The SMILES string of the molecule is CCCn1ccnc1C(NC)C(CC)c1ccccc1. The van der Waals surface area contributed by atoms with Crippen LogP contribution in [0, 0.1) is 0 Å². The number of rotatable bonds is 7. The molecule has 1 aromatic carbocycles. The molecule has 2 atom stereocenters. The van der Waals surface area contributed by atoms with Gasteiger partial charge in [-0.2, -0.15) is 0 Å². The van der Waals surface area contributed by atoms with Crippen LogP contribution in [0.1, 0.15) is 50.0 Å². The van der Waals surface area contributed by atoms with Gasteiger partial charge in [-0.1, -0.05) is 44.2 Å². The summed E-state index contributed by atoms with van der Waals surface area (Å²) < 4.78 is 2.27. The van der Waals surface area contributed by atoms with Crippen molar-refractivity contribution in [1.82, 2.24) is 14.9 Å². The van der Waals surface area contributed by atoms with Crippen molar-refractivity contribution < 1.29 is 0 Å². The smallest absolute Gasteiger partial charge is 0.126 e. The quantitative estimate of drug-likeness (QED) is 0.831. The summed E-state index contributed by atoms with van der Waals surface area (Å²) >= 11 is 0. The predicted molar refractivity (Wildman–Crippen MR) is 83.8 cm³/mol. The lowest BCUT2D eigenvalue weighted by atomic mass is 9.88. The summed E-state index contributed by atoms with van der Waals surface area (Å²) in [4.78, 5) is 4.60. The molecule has 0 fully saturated rings. The molecule has 0 aliphatic heterocycles. The van der Waals surface area contributed by atoms with Gasteiger partial charge in [0, 0.05) is 24.9 Å². The fraction of sp³-hybridized carbons (Fsp3) is 0.471. The fourth-order valence-electron chi connectivity index (χ4n) is 2.90. The van der Waals surface area contributed by atoms with Crippen molar-refractivity contribution in [2.24, 2.45) is 0 Å². The zero-order valence-corrected chi connectivity index (χ0v) is 12.7. The van der Waals surface area contributed by atoms with Crippen molar-refractivity contribution in [3.05, 3.63) is 54.1 Å². The van der Waals surface area contributed by atoms with Gasteiger partial charge in [0.1, 0.15) is 5.82 Å². The number of aromatic nitrogens is 2. The maximum atomic E-state index is 4.60. The lowest BCUT2D eigenvalue weighted by Gasteiger charge is -2.26. The average molecular weight is 271 g/mol. The molecule has 2 unspecified atom stereocenters. The van der Waals surface area contributed by atoms with Crippen LogP contribution in [0.4, 0.5) is 0 Å². The van der Waals surface area contributed by atoms with Crippen molar-refractivity contribution in [3.63, 3.8) is 0 Å². The zero-order valence-electron chi connectivity index (χ0n) is 12.7. The molecule has 3 nitrogen and oxygen atoms in total. The van der Waals surface area contributed by atoms with Crippen LogP contribution < -0.4 is 5.32 Å². The van der Waals surface area contributed by atoms with Crippen LogP contribution in [0.15, 0.2) is 42.7 Å². The van der Waals surface area contributed by atoms with Crippen molar-refractivity contribution in [3.8, 4) is 0 Å². The first-order valence-corrected chi connectivity index (χ1v) is 7.55. The van der Waals surface area contributed by atoms with E-state index in [0.29, 0.717) is 5.92 Å². The number of hydrogen-bond donors (Lipinski definition) is 1. The van der Waals surface area contributed by atoms with Gasteiger partial charge in [0.05, 0.1) is 6.04 Å². The van der Waals surface area contributed by atoms with E-state index in [2.05, 4.69) is 65.2 Å². The van der Waals surface area contributed by atoms with Crippen molar-refractivity contribution in [2.75, 3.05) is 7.05 Å². The Kier molecular flexibility index (Phi) is 5.36. The summed E-state index contributed by atoms with van der Waals surface area (Å²) in [6.07, 6.45) is 6.21. The molecular weight excluding hydrogens is 246 g/mol. The van der Waals surface area contributed by atoms with E-state index >= 15 is 0 Å². The summed E-state index contributed by atoms with van der Waals surface area (Å²) in [5.41, 5.74) is 1.38. The Bertz CT molecular complexity index is 504. The summed E-state index contributed by atoms with van der Waals surface area (Å²) in [5.74, 6) is 1.59. The first-order valence-electron chi connectivity index (χ1n) is 7.55. The van der Waals surface area contributed by atoms with E-state index in [4.69, 9.17) is 0 Å². The van der Waals surface area contributed by atoms with Crippen LogP contribution in [0.5, 0.6) is 0 Å². The number of imidazole rings is 1. The standard InChI is InChI=1S/C17H25N3/c1-4-12-20-13-11-19-17(20)16(18-3)15(5-2)14-9-7-6-8-10-14/h6-11,13,15-16,18H,4-5,12H2,1-3H3. The van der Waals surface area contributed by atoms with Crippen LogP contribution in [-0.4, -0.2) is 16.6 Å². The molecule has 0 spiro atoms. The number of nitrogens with zero attached hydrogens (tertiary/aromatic N) is 2. The molecule has 1 N–H and O–H groups in total. The van der Waals surface area contributed by atoms with Gasteiger partial charge in [0.25, 0.3) is 0 Å². The fourth-order valence-corrected chi connectivity index (χ4v) is 2.90. The second kappa shape index (κ2) is 7.25. The highest BCUT2D eigenvalue weighted by Crippen LogP contribution is 2.32. The molecule has 0 amide bonds. The van der Waals surface area contributed by atoms with Crippen LogP contribution in [-0.2, 0) is 6.54 Å². The van der Waals surface area contributed by atoms with Gasteiger partial charge in [-0.25, -0.2) is 4.98 Å². The highest BCUT2D eigenvalue weighted by Gasteiger charge is 2.25. The molecule has 3 heteroatoms. The highest BCUT2D eigenvalue weighted by molar-refractivity contribution is 5.23. The van der Waals surface area contributed by atoms with E-state index in [1.165, 1.54) is 5.56 Å². The molecule has 108 valence electrons. The lowest BCUT2D eigenvalue weighted by molar-refractivity contribution is 0.427. The molecule has 0 bridgehead atoms. The molecule has 2 rings (SSSR count). The van der Waals surface area contributed by atoms with E-state index in [0.717, 1.165) is 25.2 Å². The molecule has 20 heavy (non-hydrogen) atoms. The van der Waals surface area contributed by atoms with E-state index < -0.39 is 0 Å². The molecular formula is C17H25N3. The van der Waals surface area contributed by atoms with Crippen molar-refractivity contribution in [1.29, 1.82) is 0 Å². The third kappa shape index (κ3) is 3.10. The maximum Gasteiger partial charge on any atom is 0.126 e. The number of benzene rings is 1. The van der Waals surface area contributed by atoms with Crippen LogP contribution in [0.2, 0.25) is 0 Å². The Morgan fingerprint density at radius 2 is 1.95 bits per heavy atom. The summed E-state index contributed by atoms with van der Waals surface area (Å²) in [5, 5.41) is 3.47. The Labute approximate surface area is 122 Å². The molecule has 1 heterocycles. The first kappa shape index (κ1) is 14.8. The van der Waals surface area contributed by atoms with Crippen LogP contribution in [0.25, 0.3) is 0 Å². The van der Waals surface area contributed by atoms with Gasteiger partial charge < -0.3 is 9.88 Å². The second-order valence-electron chi connectivity index (χ2n) is 5.17.